The van der Waals surface area contributed by atoms with Crippen molar-refractivity contribution in [3.63, 3.8) is 0 Å². The van der Waals surface area contributed by atoms with Crippen molar-refractivity contribution < 1.29 is 14.5 Å². The third-order valence-corrected chi connectivity index (χ3v) is 12.6. The van der Waals surface area contributed by atoms with Crippen LogP contribution in [0, 0.1) is 10.1 Å². The first-order valence-corrected chi connectivity index (χ1v) is 21.7. The van der Waals surface area contributed by atoms with Gasteiger partial charge in [0, 0.05) is 62.3 Å². The first-order chi connectivity index (χ1) is 31.7. The molecule has 0 spiro atoms. The Bertz CT molecular complexity index is 3070. The van der Waals surface area contributed by atoms with E-state index in [4.69, 9.17) is 28.9 Å². The smallest absolute Gasteiger partial charge is 0.326 e. The summed E-state index contributed by atoms with van der Waals surface area (Å²) in [5.74, 6) is -0.259. The fourth-order valence-corrected chi connectivity index (χ4v) is 9.30. The molecule has 0 fully saturated rings. The second-order valence-electron chi connectivity index (χ2n) is 15.8. The molecule has 0 saturated heterocycles. The number of rotatable bonds is 5. The summed E-state index contributed by atoms with van der Waals surface area (Å²) in [6.45, 7) is 0.851. The number of non-ortho nitro benzene ring substituents is 1. The number of fused-ring (bicyclic) bond motifs is 4. The molecule has 0 aliphatic carbocycles. The van der Waals surface area contributed by atoms with E-state index in [-0.39, 0.29) is 36.9 Å². The number of urea groups is 1. The predicted octanol–water partition coefficient (Wildman–Crippen LogP) is 13.9. The lowest BCUT2D eigenvalue weighted by atomic mass is 9.83. The van der Waals surface area contributed by atoms with Crippen LogP contribution >= 0.6 is 23.2 Å². The topological polar surface area (TPSA) is 122 Å². The number of nitrogens with two attached hydrogens (primary N) is 1. The first-order valence-electron chi connectivity index (χ1n) is 21.0. The van der Waals surface area contributed by atoms with E-state index in [0.29, 0.717) is 35.1 Å². The van der Waals surface area contributed by atoms with Crippen LogP contribution in [-0.2, 0) is 13.1 Å². The van der Waals surface area contributed by atoms with Crippen LogP contribution in [0.15, 0.2) is 194 Å². The molecule has 0 bridgehead atoms. The van der Waals surface area contributed by atoms with E-state index in [0.717, 1.165) is 60.9 Å². The van der Waals surface area contributed by atoms with Crippen molar-refractivity contribution in [3.05, 3.63) is 264 Å². The molecule has 2 atom stereocenters. The Kier molecular flexibility index (Phi) is 13.3. The summed E-state index contributed by atoms with van der Waals surface area (Å²) in [5, 5.41) is 15.2. The van der Waals surface area contributed by atoms with Gasteiger partial charge in [-0.2, -0.15) is 0 Å². The molecule has 2 aliphatic rings. The van der Waals surface area contributed by atoms with Crippen molar-refractivity contribution in [2.24, 2.45) is 0 Å². The van der Waals surface area contributed by atoms with Crippen molar-refractivity contribution >= 4 is 63.6 Å². The zero-order valence-electron chi connectivity index (χ0n) is 34.9. The van der Waals surface area contributed by atoms with Crippen molar-refractivity contribution in [1.29, 1.82) is 0 Å². The summed E-state index contributed by atoms with van der Waals surface area (Å²) in [6.07, 6.45) is 0. The van der Waals surface area contributed by atoms with Crippen molar-refractivity contribution in [2.45, 2.75) is 32.4 Å². The van der Waals surface area contributed by atoms with Crippen LogP contribution in [0.25, 0.3) is 0 Å². The minimum atomic E-state index is -0.470. The molecule has 328 valence electrons. The Morgan fingerprint density at radius 3 is 1.42 bits per heavy atom. The van der Waals surface area contributed by atoms with E-state index >= 15 is 0 Å². The number of para-hydroxylation sites is 2. The number of anilines is 4. The van der Waals surface area contributed by atoms with Gasteiger partial charge in [-0.15, -0.1) is 0 Å². The Labute approximate surface area is 393 Å². The number of hydrogen-bond donors (Lipinski definition) is 2. The van der Waals surface area contributed by atoms with E-state index < -0.39 is 4.92 Å². The van der Waals surface area contributed by atoms with E-state index in [2.05, 4.69) is 35.6 Å². The van der Waals surface area contributed by atoms with Crippen molar-refractivity contribution in [2.75, 3.05) is 20.9 Å². The van der Waals surface area contributed by atoms with Gasteiger partial charge >= 0.3 is 6.03 Å². The number of carbonyl (C=O) groups is 2. The van der Waals surface area contributed by atoms with Gasteiger partial charge in [0.05, 0.1) is 18.0 Å². The number of hydrogen-bond acceptors (Lipinski definition) is 5. The van der Waals surface area contributed by atoms with Crippen molar-refractivity contribution in [1.82, 2.24) is 0 Å². The highest BCUT2D eigenvalue weighted by molar-refractivity contribution is 6.32. The number of nitrogens with one attached hydrogen (secondary N) is 1. The quantitative estimate of drug-likeness (QED) is 0.101. The number of amides is 3. The van der Waals surface area contributed by atoms with Gasteiger partial charge in [-0.1, -0.05) is 152 Å². The highest BCUT2D eigenvalue weighted by Crippen LogP contribution is 2.46. The Morgan fingerprint density at radius 2 is 0.939 bits per heavy atom. The molecular weight excluding hydrogens is 866 g/mol. The lowest BCUT2D eigenvalue weighted by molar-refractivity contribution is -0.384. The SMILES string of the molecule is C.Nc1ccc(C(=O)N2Cc3ccccc3C(c3ccccc3Cl)c3ccccc32)cc1.O=C(Nc1ccc([N+](=O)[O-])cc1)N1Cc2ccccc2C(c2ccccc2Cl)c2ccccc21. The molecule has 10 rings (SSSR count). The summed E-state index contributed by atoms with van der Waals surface area (Å²) in [5.41, 5.74) is 17.6. The van der Waals surface area contributed by atoms with Crippen LogP contribution in [0.2, 0.25) is 10.0 Å². The Balaban J connectivity index is 0.000000177. The zero-order chi connectivity index (χ0) is 45.0. The van der Waals surface area contributed by atoms with Gasteiger partial charge in [0.15, 0.2) is 0 Å². The standard InChI is InChI=1S/C27H20ClN3O3.C27H21ClN2O.CH4/c28-24-11-5-3-9-22(24)26-21-8-2-1-7-18(21)17-30(25-12-6-4-10-23(25)26)27(32)29-19-13-15-20(16-14-19)31(33)34;28-24-11-5-3-9-22(24)26-21-8-2-1-7-19(21)17-30(25-12-6-4-10-23(25)26)27(31)18-13-15-20(29)16-14-18;/h1-16,26H,17H2,(H,29,32);1-16,26H,17,29H2;1H4. The molecule has 2 heterocycles. The monoisotopic (exact) mass is 909 g/mol. The molecule has 11 heteroatoms. The molecule has 2 aliphatic heterocycles. The van der Waals surface area contributed by atoms with Gasteiger partial charge in [-0.3, -0.25) is 19.8 Å². The van der Waals surface area contributed by atoms with Gasteiger partial charge in [-0.05, 0) is 105 Å². The summed E-state index contributed by atoms with van der Waals surface area (Å²) >= 11 is 13.3. The predicted molar refractivity (Wildman–Crippen MR) is 267 cm³/mol. The number of nitrogens with zero attached hydrogens (tertiary/aromatic N) is 3. The van der Waals surface area contributed by atoms with Crippen LogP contribution in [0.4, 0.5) is 33.2 Å². The van der Waals surface area contributed by atoms with Crippen LogP contribution in [0.1, 0.15) is 74.1 Å². The van der Waals surface area contributed by atoms with Gasteiger partial charge in [-0.25, -0.2) is 4.79 Å². The second kappa shape index (κ2) is 19.6. The van der Waals surface area contributed by atoms with Gasteiger partial charge in [0.1, 0.15) is 0 Å². The maximum absolute atomic E-state index is 13.6. The fourth-order valence-electron chi connectivity index (χ4n) is 8.81. The Morgan fingerprint density at radius 1 is 0.530 bits per heavy atom. The highest BCUT2D eigenvalue weighted by Gasteiger charge is 2.33. The molecule has 3 N–H and O–H groups in total. The second-order valence-corrected chi connectivity index (χ2v) is 16.6. The number of carbonyl (C=O) groups excluding carboxylic acids is 2. The number of nitrogen functional groups attached to an aromatic ring is 1. The largest absolute Gasteiger partial charge is 0.399 e. The molecule has 8 aromatic carbocycles. The van der Waals surface area contributed by atoms with Crippen molar-refractivity contribution in [3.8, 4) is 0 Å². The normalized spacial score (nSPS) is 14.5. The molecule has 0 saturated carbocycles. The molecule has 2 unspecified atom stereocenters. The highest BCUT2D eigenvalue weighted by atomic mass is 35.5. The van der Waals surface area contributed by atoms with E-state index in [1.807, 2.05) is 120 Å². The molecule has 9 nitrogen and oxygen atoms in total. The lowest BCUT2D eigenvalue weighted by Gasteiger charge is -2.25. The van der Waals surface area contributed by atoms with Gasteiger partial charge in [0.25, 0.3) is 11.6 Å². The summed E-state index contributed by atoms with van der Waals surface area (Å²) in [7, 11) is 0. The summed E-state index contributed by atoms with van der Waals surface area (Å²) in [6, 6.07) is 60.6. The molecule has 0 aromatic heterocycles. The fraction of sp³-hybridized carbons (Fsp3) is 0.0909. The average Bonchev–Trinajstić information content (AvgIpc) is 3.57. The number of nitro groups is 1. The van der Waals surface area contributed by atoms with Gasteiger partial charge < -0.3 is 16.0 Å². The first kappa shape index (κ1) is 44.9. The maximum Gasteiger partial charge on any atom is 0.326 e. The molecule has 8 aromatic rings. The lowest BCUT2D eigenvalue weighted by Crippen LogP contribution is -2.34. The van der Waals surface area contributed by atoms with Gasteiger partial charge in [0.2, 0.25) is 0 Å². The van der Waals surface area contributed by atoms with Crippen LogP contribution < -0.4 is 20.9 Å². The Hall–Kier alpha value is -7.72. The number of benzene rings is 8. The number of halogens is 2. The van der Waals surface area contributed by atoms with E-state index in [1.165, 1.54) is 24.3 Å². The third-order valence-electron chi connectivity index (χ3n) is 11.9. The molecule has 66 heavy (non-hydrogen) atoms. The zero-order valence-corrected chi connectivity index (χ0v) is 36.4. The van der Waals surface area contributed by atoms with Crippen LogP contribution in [0.3, 0.4) is 0 Å². The maximum atomic E-state index is 13.6. The summed E-state index contributed by atoms with van der Waals surface area (Å²) < 4.78 is 0. The minimum Gasteiger partial charge on any atom is -0.399 e. The summed E-state index contributed by atoms with van der Waals surface area (Å²) in [4.78, 5) is 41.1. The van der Waals surface area contributed by atoms with E-state index in [9.17, 15) is 19.7 Å². The minimum absolute atomic E-state index is 0. The molecule has 0 radical (unpaired) electrons. The van der Waals surface area contributed by atoms with Crippen LogP contribution in [0.5, 0.6) is 0 Å². The average molecular weight is 911 g/mol. The number of nitro benzene ring substituents is 1. The van der Waals surface area contributed by atoms with Crippen LogP contribution in [-0.4, -0.2) is 16.9 Å². The molecular formula is C55H45Cl2N5O4. The van der Waals surface area contributed by atoms with E-state index in [1.54, 1.807) is 29.2 Å². The molecule has 3 amide bonds. The third kappa shape index (κ3) is 8.99.